The Morgan fingerprint density at radius 2 is 1.70 bits per heavy atom. The van der Waals surface area contributed by atoms with Crippen molar-refractivity contribution in [2.45, 2.75) is 18.9 Å². The van der Waals surface area contributed by atoms with Crippen molar-refractivity contribution in [1.82, 2.24) is 19.7 Å². The molecule has 0 saturated carbocycles. The minimum atomic E-state index is -0.209. The smallest absolute Gasteiger partial charge is 0.164 e. The number of nitrogens with zero attached hydrogens (tertiary/aromatic N) is 4. The molecule has 0 saturated heterocycles. The summed E-state index contributed by atoms with van der Waals surface area (Å²) in [6.45, 7) is 0. The molecule has 7 heteroatoms. The zero-order valence-electron chi connectivity index (χ0n) is 14.4. The average Bonchev–Trinajstić information content (AvgIpc) is 3.26. The Kier molecular flexibility index (Phi) is 3.30. The van der Waals surface area contributed by atoms with Crippen LogP contribution in [0.15, 0.2) is 48.8 Å². The Bertz CT molecular complexity index is 1160. The van der Waals surface area contributed by atoms with Crippen LogP contribution in [0.25, 0.3) is 22.3 Å². The monoisotopic (exact) mass is 359 g/mol. The molecule has 2 aromatic carbocycles. The third-order valence-corrected chi connectivity index (χ3v) is 5.14. The van der Waals surface area contributed by atoms with Gasteiger partial charge in [0.25, 0.3) is 0 Å². The van der Waals surface area contributed by atoms with E-state index in [9.17, 15) is 10.2 Å². The first-order valence-corrected chi connectivity index (χ1v) is 8.69. The molecule has 0 amide bonds. The number of rotatable bonds is 2. The van der Waals surface area contributed by atoms with Crippen LogP contribution in [0.4, 0.5) is 5.82 Å². The van der Waals surface area contributed by atoms with Crippen LogP contribution in [0.2, 0.25) is 0 Å². The summed E-state index contributed by atoms with van der Waals surface area (Å²) in [6, 6.07) is 13.1. The van der Waals surface area contributed by atoms with Crippen molar-refractivity contribution in [2.75, 3.05) is 5.73 Å². The molecule has 0 unspecified atom stereocenters. The number of aromatic nitrogens is 4. The predicted octanol–water partition coefficient (Wildman–Crippen LogP) is 2.83. The highest BCUT2D eigenvalue weighted by atomic mass is 16.3. The highest BCUT2D eigenvalue weighted by molar-refractivity contribution is 5.98. The Labute approximate surface area is 154 Å². The van der Waals surface area contributed by atoms with E-state index in [2.05, 4.69) is 22.1 Å². The van der Waals surface area contributed by atoms with E-state index in [1.807, 2.05) is 16.8 Å². The zero-order chi connectivity index (χ0) is 18.5. The van der Waals surface area contributed by atoms with Gasteiger partial charge in [0, 0.05) is 5.56 Å². The van der Waals surface area contributed by atoms with E-state index in [1.54, 1.807) is 6.07 Å². The summed E-state index contributed by atoms with van der Waals surface area (Å²) in [7, 11) is 0. The van der Waals surface area contributed by atoms with Crippen molar-refractivity contribution in [2.24, 2.45) is 0 Å². The van der Waals surface area contributed by atoms with E-state index in [4.69, 9.17) is 10.8 Å². The first-order valence-electron chi connectivity index (χ1n) is 8.69. The number of hydrogen-bond donors (Lipinski definition) is 3. The van der Waals surface area contributed by atoms with Gasteiger partial charge >= 0.3 is 0 Å². The molecule has 0 fully saturated rings. The van der Waals surface area contributed by atoms with Gasteiger partial charge in [-0.05, 0) is 42.2 Å². The Morgan fingerprint density at radius 1 is 0.963 bits per heavy atom. The molecule has 134 valence electrons. The van der Waals surface area contributed by atoms with Crippen LogP contribution in [0, 0.1) is 0 Å². The van der Waals surface area contributed by atoms with E-state index in [0.29, 0.717) is 28.1 Å². The number of benzene rings is 2. The zero-order valence-corrected chi connectivity index (χ0v) is 14.4. The molecule has 2 heterocycles. The number of nitrogen functional groups attached to an aromatic ring is 1. The lowest BCUT2D eigenvalue weighted by atomic mass is 10.1. The van der Waals surface area contributed by atoms with Crippen LogP contribution in [-0.4, -0.2) is 30.0 Å². The predicted molar refractivity (Wildman–Crippen MR) is 101 cm³/mol. The fourth-order valence-corrected chi connectivity index (χ4v) is 3.83. The van der Waals surface area contributed by atoms with E-state index in [0.717, 1.165) is 12.8 Å². The van der Waals surface area contributed by atoms with Crippen LogP contribution < -0.4 is 5.73 Å². The van der Waals surface area contributed by atoms with Crippen molar-refractivity contribution < 1.29 is 10.2 Å². The summed E-state index contributed by atoms with van der Waals surface area (Å²) < 4.78 is 1.91. The number of aromatic hydroxyl groups is 2. The number of phenolic OH excluding ortho intramolecular Hbond substituents is 2. The standard InChI is InChI=1S/C20H17N5O2/c21-19-17-18(13-5-6-15(26)16(27)9-13)24-25(20(17)23-10-22-19)14-7-11-3-1-2-4-12(11)8-14/h1-6,9-10,14,26-27H,7-8H2,(H2,21,22,23). The molecule has 5 rings (SSSR count). The highest BCUT2D eigenvalue weighted by Crippen LogP contribution is 2.38. The van der Waals surface area contributed by atoms with Crippen LogP contribution in [0.5, 0.6) is 11.5 Å². The molecule has 7 nitrogen and oxygen atoms in total. The minimum absolute atomic E-state index is 0.138. The SMILES string of the molecule is Nc1ncnc2c1c(-c1ccc(O)c(O)c1)nn2C1Cc2ccccc2C1. The first kappa shape index (κ1) is 15.6. The van der Waals surface area contributed by atoms with E-state index < -0.39 is 0 Å². The second-order valence-electron chi connectivity index (χ2n) is 6.78. The summed E-state index contributed by atoms with van der Waals surface area (Å²) in [5, 5.41) is 25.0. The van der Waals surface area contributed by atoms with Crippen LogP contribution in [0.1, 0.15) is 17.2 Å². The minimum Gasteiger partial charge on any atom is -0.504 e. The number of fused-ring (bicyclic) bond motifs is 2. The summed E-state index contributed by atoms with van der Waals surface area (Å²) in [5.41, 5.74) is 10.7. The molecular weight excluding hydrogens is 342 g/mol. The summed E-state index contributed by atoms with van der Waals surface area (Å²) in [5.74, 6) is -0.0545. The Morgan fingerprint density at radius 3 is 2.41 bits per heavy atom. The molecule has 1 aliphatic rings. The quantitative estimate of drug-likeness (QED) is 0.475. The van der Waals surface area contributed by atoms with Crippen LogP contribution in [0.3, 0.4) is 0 Å². The van der Waals surface area contributed by atoms with Crippen LogP contribution >= 0.6 is 0 Å². The van der Waals surface area contributed by atoms with Crippen molar-refractivity contribution in [3.63, 3.8) is 0 Å². The van der Waals surface area contributed by atoms with Gasteiger partial charge in [0.05, 0.1) is 11.4 Å². The normalized spacial score (nSPS) is 13.9. The molecule has 0 spiro atoms. The van der Waals surface area contributed by atoms with Crippen molar-refractivity contribution in [1.29, 1.82) is 0 Å². The van der Waals surface area contributed by atoms with Crippen LogP contribution in [-0.2, 0) is 12.8 Å². The molecular formula is C20H17N5O2. The molecule has 0 bridgehead atoms. The van der Waals surface area contributed by atoms with E-state index in [-0.39, 0.29) is 17.5 Å². The van der Waals surface area contributed by atoms with Gasteiger partial charge in [-0.15, -0.1) is 0 Å². The third-order valence-electron chi connectivity index (χ3n) is 5.14. The Balaban J connectivity index is 1.69. The number of phenols is 2. The van der Waals surface area contributed by atoms with E-state index >= 15 is 0 Å². The van der Waals surface area contributed by atoms with Crippen molar-refractivity contribution >= 4 is 16.9 Å². The summed E-state index contributed by atoms with van der Waals surface area (Å²) in [6.07, 6.45) is 3.18. The maximum atomic E-state index is 9.89. The topological polar surface area (TPSA) is 110 Å². The van der Waals surface area contributed by atoms with Gasteiger partial charge in [0.15, 0.2) is 17.1 Å². The second-order valence-corrected chi connectivity index (χ2v) is 6.78. The number of nitrogens with two attached hydrogens (primary N) is 1. The molecule has 4 aromatic rings. The average molecular weight is 359 g/mol. The largest absolute Gasteiger partial charge is 0.504 e. The summed E-state index contributed by atoms with van der Waals surface area (Å²) >= 11 is 0. The third kappa shape index (κ3) is 2.39. The molecule has 2 aromatic heterocycles. The maximum absolute atomic E-state index is 9.89. The molecule has 0 aliphatic heterocycles. The lowest BCUT2D eigenvalue weighted by Gasteiger charge is -2.10. The van der Waals surface area contributed by atoms with Gasteiger partial charge in [-0.2, -0.15) is 5.10 Å². The lowest BCUT2D eigenvalue weighted by Crippen LogP contribution is -2.11. The fraction of sp³-hybridized carbons (Fsp3) is 0.150. The second kappa shape index (κ2) is 5.70. The van der Waals surface area contributed by atoms with Gasteiger partial charge < -0.3 is 15.9 Å². The molecule has 4 N–H and O–H groups in total. The van der Waals surface area contributed by atoms with Crippen molar-refractivity contribution in [3.8, 4) is 22.8 Å². The number of hydrogen-bond acceptors (Lipinski definition) is 6. The van der Waals surface area contributed by atoms with Gasteiger partial charge in [-0.1, -0.05) is 24.3 Å². The van der Waals surface area contributed by atoms with Crippen molar-refractivity contribution in [3.05, 3.63) is 59.9 Å². The molecule has 1 aliphatic carbocycles. The lowest BCUT2D eigenvalue weighted by molar-refractivity contribution is 0.404. The fourth-order valence-electron chi connectivity index (χ4n) is 3.83. The highest BCUT2D eigenvalue weighted by Gasteiger charge is 2.27. The Hall–Kier alpha value is -3.61. The van der Waals surface area contributed by atoms with E-state index in [1.165, 1.54) is 29.6 Å². The molecule has 27 heavy (non-hydrogen) atoms. The number of anilines is 1. The summed E-state index contributed by atoms with van der Waals surface area (Å²) in [4.78, 5) is 8.55. The van der Waals surface area contributed by atoms with Gasteiger partial charge in [0.2, 0.25) is 0 Å². The maximum Gasteiger partial charge on any atom is 0.164 e. The molecule has 0 radical (unpaired) electrons. The van der Waals surface area contributed by atoms with Gasteiger partial charge in [-0.25, -0.2) is 14.6 Å². The van der Waals surface area contributed by atoms with Gasteiger partial charge in [-0.3, -0.25) is 0 Å². The first-order chi connectivity index (χ1) is 13.1. The van der Waals surface area contributed by atoms with Gasteiger partial charge in [0.1, 0.15) is 17.8 Å². The molecule has 0 atom stereocenters.